The molecule has 3 nitrogen and oxygen atoms in total. The predicted molar refractivity (Wildman–Crippen MR) is 84.5 cm³/mol. The quantitative estimate of drug-likeness (QED) is 0.740. The predicted octanol–water partition coefficient (Wildman–Crippen LogP) is 4.90. The Kier molecular flexibility index (Phi) is 4.99. The fourth-order valence-electron chi connectivity index (χ4n) is 1.88. The van der Waals surface area contributed by atoms with Crippen LogP contribution in [-0.2, 0) is 0 Å². The lowest BCUT2D eigenvalue weighted by Gasteiger charge is -2.12. The van der Waals surface area contributed by atoms with Crippen LogP contribution < -0.4 is 9.47 Å². The van der Waals surface area contributed by atoms with Crippen LogP contribution >= 0.6 is 34.8 Å². The van der Waals surface area contributed by atoms with Crippen molar-refractivity contribution < 1.29 is 14.3 Å². The van der Waals surface area contributed by atoms with Crippen LogP contribution in [0.2, 0.25) is 15.1 Å². The zero-order valence-corrected chi connectivity index (χ0v) is 13.5. The summed E-state index contributed by atoms with van der Waals surface area (Å²) < 4.78 is 10.3. The van der Waals surface area contributed by atoms with Crippen LogP contribution in [0.4, 0.5) is 0 Å². The van der Waals surface area contributed by atoms with Gasteiger partial charge in [0.25, 0.3) is 0 Å². The number of methoxy groups -OCH3 is 2. The largest absolute Gasteiger partial charge is 0.493 e. The molecule has 6 heteroatoms. The van der Waals surface area contributed by atoms with E-state index in [-0.39, 0.29) is 10.8 Å². The number of benzene rings is 2. The van der Waals surface area contributed by atoms with Crippen molar-refractivity contribution in [2.75, 3.05) is 14.2 Å². The molecular weight excluding hydrogens is 335 g/mol. The van der Waals surface area contributed by atoms with Crippen LogP contribution in [0.15, 0.2) is 30.3 Å². The molecular formula is C15H11Cl3O3. The molecule has 0 fully saturated rings. The van der Waals surface area contributed by atoms with Crippen molar-refractivity contribution in [3.63, 3.8) is 0 Å². The lowest BCUT2D eigenvalue weighted by molar-refractivity contribution is 0.103. The Bertz CT molecular complexity index is 699. The van der Waals surface area contributed by atoms with Crippen LogP contribution in [0, 0.1) is 0 Å². The zero-order valence-electron chi connectivity index (χ0n) is 11.2. The van der Waals surface area contributed by atoms with Gasteiger partial charge in [-0.1, -0.05) is 34.8 Å². The third-order valence-electron chi connectivity index (χ3n) is 2.87. The molecule has 110 valence electrons. The maximum atomic E-state index is 12.5. The molecule has 0 heterocycles. The molecule has 0 atom stereocenters. The van der Waals surface area contributed by atoms with Crippen molar-refractivity contribution in [1.29, 1.82) is 0 Å². The third kappa shape index (κ3) is 3.26. The molecule has 0 radical (unpaired) electrons. The number of hydrogen-bond donors (Lipinski definition) is 0. The molecule has 0 aromatic heterocycles. The average Bonchev–Trinajstić information content (AvgIpc) is 2.48. The molecule has 0 unspecified atom stereocenters. The van der Waals surface area contributed by atoms with Gasteiger partial charge in [-0.15, -0.1) is 0 Å². The number of hydrogen-bond acceptors (Lipinski definition) is 3. The highest BCUT2D eigenvalue weighted by Crippen LogP contribution is 2.37. The monoisotopic (exact) mass is 344 g/mol. The molecule has 0 saturated carbocycles. The highest BCUT2D eigenvalue weighted by atomic mass is 35.5. The number of rotatable bonds is 4. The van der Waals surface area contributed by atoms with Gasteiger partial charge in [-0.25, -0.2) is 0 Å². The number of halogens is 3. The van der Waals surface area contributed by atoms with Gasteiger partial charge in [-0.05, 0) is 30.3 Å². The summed E-state index contributed by atoms with van der Waals surface area (Å²) in [6.45, 7) is 0. The minimum absolute atomic E-state index is 0.276. The number of carbonyl (C=O) groups excluding carboxylic acids is 1. The summed E-state index contributed by atoms with van der Waals surface area (Å²) in [4.78, 5) is 12.5. The van der Waals surface area contributed by atoms with Gasteiger partial charge in [-0.3, -0.25) is 4.79 Å². The second-order valence-electron chi connectivity index (χ2n) is 4.15. The Morgan fingerprint density at radius 1 is 0.952 bits per heavy atom. The third-order valence-corrected chi connectivity index (χ3v) is 3.71. The van der Waals surface area contributed by atoms with Crippen molar-refractivity contribution in [2.24, 2.45) is 0 Å². The van der Waals surface area contributed by atoms with Gasteiger partial charge in [0.2, 0.25) is 0 Å². The summed E-state index contributed by atoms with van der Waals surface area (Å²) >= 11 is 18.0. The molecule has 0 aliphatic carbocycles. The first-order valence-corrected chi connectivity index (χ1v) is 7.02. The van der Waals surface area contributed by atoms with Gasteiger partial charge >= 0.3 is 0 Å². The summed E-state index contributed by atoms with van der Waals surface area (Å²) in [7, 11) is 2.94. The van der Waals surface area contributed by atoms with Crippen LogP contribution in [0.5, 0.6) is 11.5 Å². The van der Waals surface area contributed by atoms with Crippen molar-refractivity contribution >= 4 is 40.6 Å². The smallest absolute Gasteiger partial charge is 0.194 e. The van der Waals surface area contributed by atoms with Gasteiger partial charge in [0.15, 0.2) is 17.3 Å². The Labute approximate surface area is 137 Å². The van der Waals surface area contributed by atoms with E-state index in [9.17, 15) is 4.79 Å². The molecule has 0 aliphatic rings. The van der Waals surface area contributed by atoms with Crippen LogP contribution in [0.1, 0.15) is 15.9 Å². The fourth-order valence-corrected chi connectivity index (χ4v) is 2.54. The van der Waals surface area contributed by atoms with E-state index in [4.69, 9.17) is 44.3 Å². The van der Waals surface area contributed by atoms with Crippen molar-refractivity contribution in [3.8, 4) is 11.5 Å². The van der Waals surface area contributed by atoms with E-state index in [2.05, 4.69) is 0 Å². The van der Waals surface area contributed by atoms with E-state index in [0.717, 1.165) is 0 Å². The van der Waals surface area contributed by atoms with Gasteiger partial charge < -0.3 is 9.47 Å². The van der Waals surface area contributed by atoms with Gasteiger partial charge in [0.1, 0.15) is 0 Å². The molecule has 0 N–H and O–H groups in total. The van der Waals surface area contributed by atoms with Crippen LogP contribution in [-0.4, -0.2) is 20.0 Å². The number of ketones is 1. The van der Waals surface area contributed by atoms with Gasteiger partial charge in [0, 0.05) is 16.1 Å². The molecule has 0 amide bonds. The molecule has 0 saturated heterocycles. The Morgan fingerprint density at radius 3 is 2.29 bits per heavy atom. The lowest BCUT2D eigenvalue weighted by atomic mass is 10.0. The summed E-state index contributed by atoms with van der Waals surface area (Å²) in [5, 5.41) is 1.02. The second kappa shape index (κ2) is 6.56. The molecule has 21 heavy (non-hydrogen) atoms. The van der Waals surface area contributed by atoms with E-state index < -0.39 is 0 Å². The van der Waals surface area contributed by atoms with Crippen molar-refractivity contribution in [3.05, 3.63) is 56.5 Å². The van der Waals surface area contributed by atoms with Crippen molar-refractivity contribution in [1.82, 2.24) is 0 Å². The highest BCUT2D eigenvalue weighted by molar-refractivity contribution is 6.37. The summed E-state index contributed by atoms with van der Waals surface area (Å²) in [6, 6.07) is 7.74. The van der Waals surface area contributed by atoms with E-state index in [1.807, 2.05) is 0 Å². The SMILES string of the molecule is COc1cc(C(=O)c2cc(Cl)ccc2Cl)cc(Cl)c1OC. The summed E-state index contributed by atoms with van der Waals surface area (Å²) in [5.41, 5.74) is 0.634. The Balaban J connectivity index is 2.53. The maximum Gasteiger partial charge on any atom is 0.194 e. The molecule has 2 aromatic carbocycles. The zero-order chi connectivity index (χ0) is 15.6. The number of ether oxygens (including phenoxy) is 2. The van der Waals surface area contributed by atoms with Crippen molar-refractivity contribution in [2.45, 2.75) is 0 Å². The second-order valence-corrected chi connectivity index (χ2v) is 5.40. The first kappa shape index (κ1) is 16.0. The summed E-state index contributed by atoms with van der Waals surface area (Å²) in [6.07, 6.45) is 0. The van der Waals surface area contributed by atoms with E-state index in [0.29, 0.717) is 32.7 Å². The first-order chi connectivity index (χ1) is 9.97. The van der Waals surface area contributed by atoms with E-state index in [1.54, 1.807) is 18.2 Å². The highest BCUT2D eigenvalue weighted by Gasteiger charge is 2.18. The Morgan fingerprint density at radius 2 is 1.67 bits per heavy atom. The molecule has 2 rings (SSSR count). The Hall–Kier alpha value is -1.42. The van der Waals surface area contributed by atoms with Gasteiger partial charge in [0.05, 0.1) is 24.3 Å². The average molecular weight is 346 g/mol. The van der Waals surface area contributed by atoms with E-state index in [1.165, 1.54) is 26.4 Å². The number of carbonyl (C=O) groups is 1. The maximum absolute atomic E-state index is 12.5. The van der Waals surface area contributed by atoms with E-state index >= 15 is 0 Å². The molecule has 0 spiro atoms. The normalized spacial score (nSPS) is 10.3. The van der Waals surface area contributed by atoms with Gasteiger partial charge in [-0.2, -0.15) is 0 Å². The minimum Gasteiger partial charge on any atom is -0.493 e. The van der Waals surface area contributed by atoms with Crippen LogP contribution in [0.25, 0.3) is 0 Å². The lowest BCUT2D eigenvalue weighted by Crippen LogP contribution is -2.04. The molecule has 0 bridgehead atoms. The molecule has 2 aromatic rings. The topological polar surface area (TPSA) is 35.5 Å². The standard InChI is InChI=1S/C15H11Cl3O3/c1-20-13-6-8(5-12(18)15(13)21-2)14(19)10-7-9(16)3-4-11(10)17/h3-7H,1-2H3. The van der Waals surface area contributed by atoms with Crippen LogP contribution in [0.3, 0.4) is 0 Å². The summed E-state index contributed by atoms with van der Waals surface area (Å²) in [5.74, 6) is 0.435. The molecule has 0 aliphatic heterocycles. The fraction of sp³-hybridized carbons (Fsp3) is 0.133. The minimum atomic E-state index is -0.301. The first-order valence-electron chi connectivity index (χ1n) is 5.89.